The average Bonchev–Trinajstić information content (AvgIpc) is 2.56. The highest BCUT2D eigenvalue weighted by Gasteiger charge is 2.18. The van der Waals surface area contributed by atoms with Crippen molar-refractivity contribution in [3.63, 3.8) is 0 Å². The van der Waals surface area contributed by atoms with Gasteiger partial charge < -0.3 is 5.32 Å². The number of aryl methyl sites for hydroxylation is 1. The van der Waals surface area contributed by atoms with Crippen molar-refractivity contribution < 1.29 is 4.79 Å². The summed E-state index contributed by atoms with van der Waals surface area (Å²) in [5.41, 5.74) is 3.23. The fourth-order valence-electron chi connectivity index (χ4n) is 2.24. The highest BCUT2D eigenvalue weighted by Crippen LogP contribution is 2.16. The molecule has 0 spiro atoms. The van der Waals surface area contributed by atoms with Crippen LogP contribution in [0.1, 0.15) is 18.1 Å². The predicted octanol–water partition coefficient (Wildman–Crippen LogP) is 4.18. The predicted molar refractivity (Wildman–Crippen MR) is 99.0 cm³/mol. The minimum atomic E-state index is -0.198. The van der Waals surface area contributed by atoms with Crippen molar-refractivity contribution in [2.24, 2.45) is 0 Å². The van der Waals surface area contributed by atoms with Gasteiger partial charge in [-0.15, -0.1) is 11.8 Å². The van der Waals surface area contributed by atoms with Gasteiger partial charge in [0, 0.05) is 17.1 Å². The monoisotopic (exact) mass is 328 g/mol. The largest absolute Gasteiger partial charge is 0.325 e. The van der Waals surface area contributed by atoms with Gasteiger partial charge >= 0.3 is 0 Å². The lowest BCUT2D eigenvalue weighted by Crippen LogP contribution is -2.39. The van der Waals surface area contributed by atoms with Crippen LogP contribution in [0, 0.1) is 6.92 Å². The highest BCUT2D eigenvalue weighted by atomic mass is 32.2. The number of nitrogens with one attached hydrogen (secondary N) is 1. The first-order valence-electron chi connectivity index (χ1n) is 7.70. The normalized spacial score (nSPS) is 12.2. The molecular weight excluding hydrogens is 304 g/mol. The van der Waals surface area contributed by atoms with E-state index in [4.69, 9.17) is 0 Å². The molecule has 1 N–H and O–H groups in total. The summed E-state index contributed by atoms with van der Waals surface area (Å²) >= 11 is 1.73. The van der Waals surface area contributed by atoms with Crippen molar-refractivity contribution in [1.82, 2.24) is 4.90 Å². The van der Waals surface area contributed by atoms with Gasteiger partial charge in [0.05, 0.1) is 6.04 Å². The molecule has 0 aliphatic rings. The van der Waals surface area contributed by atoms with Crippen molar-refractivity contribution in [3.8, 4) is 0 Å². The average molecular weight is 328 g/mol. The van der Waals surface area contributed by atoms with Crippen molar-refractivity contribution in [2.75, 3.05) is 18.6 Å². The third-order valence-electron chi connectivity index (χ3n) is 3.95. The minimum Gasteiger partial charge on any atom is -0.325 e. The standard InChI is InChI=1S/C19H24N2OS/c1-14-5-9-17(10-6-14)20-19(22)15(2)21(3)13-16-7-11-18(23-4)12-8-16/h5-12,15H,13H2,1-4H3,(H,20,22). The molecule has 4 heteroatoms. The smallest absolute Gasteiger partial charge is 0.241 e. The Morgan fingerprint density at radius 3 is 2.30 bits per heavy atom. The summed E-state index contributed by atoms with van der Waals surface area (Å²) in [5.74, 6) is 0.0112. The van der Waals surface area contributed by atoms with Gasteiger partial charge in [-0.05, 0) is 57.0 Å². The molecule has 0 saturated carbocycles. The van der Waals surface area contributed by atoms with Crippen LogP contribution in [-0.2, 0) is 11.3 Å². The van der Waals surface area contributed by atoms with Gasteiger partial charge in [0.2, 0.25) is 5.91 Å². The van der Waals surface area contributed by atoms with Gasteiger partial charge in [-0.25, -0.2) is 0 Å². The molecule has 1 amide bonds. The molecule has 2 rings (SSSR count). The first kappa shape index (κ1) is 17.6. The van der Waals surface area contributed by atoms with E-state index in [0.717, 1.165) is 12.2 Å². The third-order valence-corrected chi connectivity index (χ3v) is 4.69. The summed E-state index contributed by atoms with van der Waals surface area (Å²) in [5, 5.41) is 2.97. The van der Waals surface area contributed by atoms with Gasteiger partial charge in [0.1, 0.15) is 0 Å². The van der Waals surface area contributed by atoms with E-state index in [2.05, 4.69) is 40.7 Å². The molecule has 1 atom stereocenters. The molecular formula is C19H24N2OS. The first-order valence-corrected chi connectivity index (χ1v) is 8.93. The molecule has 0 aromatic heterocycles. The zero-order chi connectivity index (χ0) is 16.8. The molecule has 23 heavy (non-hydrogen) atoms. The van der Waals surface area contributed by atoms with Crippen LogP contribution in [0.3, 0.4) is 0 Å². The summed E-state index contributed by atoms with van der Waals surface area (Å²) in [7, 11) is 1.97. The molecule has 122 valence electrons. The second kappa shape index (κ2) is 8.18. The quantitative estimate of drug-likeness (QED) is 0.808. The van der Waals surface area contributed by atoms with Gasteiger partial charge in [-0.2, -0.15) is 0 Å². The van der Waals surface area contributed by atoms with Crippen molar-refractivity contribution >= 4 is 23.4 Å². The summed E-state index contributed by atoms with van der Waals surface area (Å²) in [6, 6.07) is 16.1. The Kier molecular flexibility index (Phi) is 6.25. The lowest BCUT2D eigenvalue weighted by atomic mass is 10.2. The van der Waals surface area contributed by atoms with Crippen LogP contribution < -0.4 is 5.32 Å². The highest BCUT2D eigenvalue weighted by molar-refractivity contribution is 7.98. The molecule has 1 unspecified atom stereocenters. The van der Waals surface area contributed by atoms with E-state index in [9.17, 15) is 4.79 Å². The maximum atomic E-state index is 12.4. The zero-order valence-electron chi connectivity index (χ0n) is 14.2. The Labute approximate surface area is 143 Å². The zero-order valence-corrected chi connectivity index (χ0v) is 15.0. The van der Waals surface area contributed by atoms with Crippen LogP contribution in [0.15, 0.2) is 53.4 Å². The van der Waals surface area contributed by atoms with Crippen LogP contribution in [0.4, 0.5) is 5.69 Å². The number of carbonyl (C=O) groups excluding carboxylic acids is 1. The SMILES string of the molecule is CSc1ccc(CN(C)C(C)C(=O)Nc2ccc(C)cc2)cc1. The number of hydrogen-bond acceptors (Lipinski definition) is 3. The number of anilines is 1. The number of hydrogen-bond donors (Lipinski definition) is 1. The van der Waals surface area contributed by atoms with Crippen LogP contribution >= 0.6 is 11.8 Å². The number of likely N-dealkylation sites (N-methyl/N-ethyl adjacent to an activating group) is 1. The molecule has 0 radical (unpaired) electrons. The molecule has 0 bridgehead atoms. The van der Waals surface area contributed by atoms with Gasteiger partial charge in [-0.1, -0.05) is 29.8 Å². The third kappa shape index (κ3) is 5.12. The second-order valence-electron chi connectivity index (χ2n) is 5.79. The Morgan fingerprint density at radius 1 is 1.13 bits per heavy atom. The van der Waals surface area contributed by atoms with E-state index in [1.54, 1.807) is 11.8 Å². The van der Waals surface area contributed by atoms with Crippen LogP contribution in [0.25, 0.3) is 0 Å². The molecule has 0 saturated heterocycles. The van der Waals surface area contributed by atoms with E-state index >= 15 is 0 Å². The van der Waals surface area contributed by atoms with E-state index in [-0.39, 0.29) is 11.9 Å². The number of rotatable bonds is 6. The fourth-order valence-corrected chi connectivity index (χ4v) is 2.65. The number of nitrogens with zero attached hydrogens (tertiary/aromatic N) is 1. The van der Waals surface area contributed by atoms with Crippen LogP contribution in [0.5, 0.6) is 0 Å². The summed E-state index contributed by atoms with van der Waals surface area (Å²) in [6.07, 6.45) is 2.07. The summed E-state index contributed by atoms with van der Waals surface area (Å²) in [6.45, 7) is 4.71. The first-order chi connectivity index (χ1) is 11.0. The van der Waals surface area contributed by atoms with E-state index in [0.29, 0.717) is 0 Å². The Balaban J connectivity index is 1.93. The van der Waals surface area contributed by atoms with Crippen molar-refractivity contribution in [3.05, 3.63) is 59.7 Å². The summed E-state index contributed by atoms with van der Waals surface area (Å²) in [4.78, 5) is 15.7. The molecule has 0 aliphatic carbocycles. The number of benzene rings is 2. The molecule has 0 fully saturated rings. The van der Waals surface area contributed by atoms with Crippen molar-refractivity contribution in [2.45, 2.75) is 31.3 Å². The number of thioether (sulfide) groups is 1. The molecule has 3 nitrogen and oxygen atoms in total. The fraction of sp³-hybridized carbons (Fsp3) is 0.316. The van der Waals surface area contributed by atoms with E-state index in [1.165, 1.54) is 16.0 Å². The topological polar surface area (TPSA) is 32.3 Å². The van der Waals surface area contributed by atoms with Crippen LogP contribution in [-0.4, -0.2) is 30.2 Å². The summed E-state index contributed by atoms with van der Waals surface area (Å²) < 4.78 is 0. The molecule has 0 heterocycles. The maximum Gasteiger partial charge on any atom is 0.241 e. The van der Waals surface area contributed by atoms with Gasteiger partial charge in [0.25, 0.3) is 0 Å². The van der Waals surface area contributed by atoms with Gasteiger partial charge in [-0.3, -0.25) is 9.69 Å². The maximum absolute atomic E-state index is 12.4. The van der Waals surface area contributed by atoms with Crippen molar-refractivity contribution in [1.29, 1.82) is 0 Å². The van der Waals surface area contributed by atoms with E-state index in [1.807, 2.05) is 45.2 Å². The number of carbonyl (C=O) groups is 1. The Hall–Kier alpha value is -1.78. The van der Waals surface area contributed by atoms with E-state index < -0.39 is 0 Å². The van der Waals surface area contributed by atoms with Crippen LogP contribution in [0.2, 0.25) is 0 Å². The van der Waals surface area contributed by atoms with Gasteiger partial charge in [0.15, 0.2) is 0 Å². The molecule has 0 aliphatic heterocycles. The molecule has 2 aromatic rings. The molecule has 2 aromatic carbocycles. The Bertz CT molecular complexity index is 637. The second-order valence-corrected chi connectivity index (χ2v) is 6.67. The Morgan fingerprint density at radius 2 is 1.74 bits per heavy atom. The number of amides is 1. The minimum absolute atomic E-state index is 0.0112. The lowest BCUT2D eigenvalue weighted by molar-refractivity contribution is -0.120. The lowest BCUT2D eigenvalue weighted by Gasteiger charge is -2.24.